The lowest BCUT2D eigenvalue weighted by Gasteiger charge is -2.36. The minimum absolute atomic E-state index is 0.0953. The number of rotatable bonds is 9. The molecule has 2 aliphatic carbocycles. The maximum Gasteiger partial charge on any atom is 0.407 e. The van der Waals surface area contributed by atoms with Crippen molar-refractivity contribution in [3.8, 4) is 16.9 Å². The van der Waals surface area contributed by atoms with Gasteiger partial charge in [0.05, 0.1) is 12.8 Å². The molecule has 5 rings (SSSR count). The first-order chi connectivity index (χ1) is 21.7. The Morgan fingerprint density at radius 2 is 1.69 bits per heavy atom. The zero-order valence-corrected chi connectivity index (χ0v) is 27.3. The number of amides is 2. The van der Waals surface area contributed by atoms with Crippen molar-refractivity contribution >= 4 is 23.5 Å². The SMILES string of the molecule is CNC(=O)OC1CCC(C(=O)N(CC2CCC(c3ccc(OC)c(C)n3)CC2)c2cccc(-c3ccc(N(C)C)nc3)c2)CC1. The van der Waals surface area contributed by atoms with Crippen LogP contribution in [0.15, 0.2) is 54.7 Å². The summed E-state index contributed by atoms with van der Waals surface area (Å²) in [5.74, 6) is 2.62. The number of nitrogens with zero attached hydrogens (tertiary/aromatic N) is 4. The van der Waals surface area contributed by atoms with Crippen LogP contribution in [0.25, 0.3) is 11.1 Å². The van der Waals surface area contributed by atoms with Gasteiger partial charge in [-0.2, -0.15) is 0 Å². The summed E-state index contributed by atoms with van der Waals surface area (Å²) in [4.78, 5) is 39.5. The van der Waals surface area contributed by atoms with Gasteiger partial charge in [-0.05, 0) is 106 Å². The van der Waals surface area contributed by atoms with Crippen molar-refractivity contribution in [2.45, 2.75) is 70.3 Å². The van der Waals surface area contributed by atoms with Gasteiger partial charge in [-0.25, -0.2) is 9.78 Å². The van der Waals surface area contributed by atoms with Crippen molar-refractivity contribution in [3.63, 3.8) is 0 Å². The number of hydrogen-bond donors (Lipinski definition) is 1. The van der Waals surface area contributed by atoms with Crippen molar-refractivity contribution in [1.82, 2.24) is 15.3 Å². The minimum Gasteiger partial charge on any atom is -0.495 e. The largest absolute Gasteiger partial charge is 0.495 e. The summed E-state index contributed by atoms with van der Waals surface area (Å²) < 4.78 is 10.9. The number of nitrogens with one attached hydrogen (secondary N) is 1. The van der Waals surface area contributed by atoms with E-state index in [9.17, 15) is 9.59 Å². The first kappa shape index (κ1) is 32.3. The molecule has 0 unspecified atom stereocenters. The molecule has 0 aliphatic heterocycles. The lowest BCUT2D eigenvalue weighted by molar-refractivity contribution is -0.124. The first-order valence-corrected chi connectivity index (χ1v) is 16.2. The van der Waals surface area contributed by atoms with Crippen LogP contribution in [-0.4, -0.2) is 62.9 Å². The summed E-state index contributed by atoms with van der Waals surface area (Å²) in [5.41, 5.74) is 5.04. The summed E-state index contributed by atoms with van der Waals surface area (Å²) in [6, 6.07) is 16.5. The first-order valence-electron chi connectivity index (χ1n) is 16.2. The fraction of sp³-hybridized carbons (Fsp3) is 0.500. The Labute approximate surface area is 267 Å². The van der Waals surface area contributed by atoms with Crippen LogP contribution in [0, 0.1) is 18.8 Å². The molecule has 2 aromatic heterocycles. The van der Waals surface area contributed by atoms with Gasteiger partial charge in [-0.3, -0.25) is 9.78 Å². The quantitative estimate of drug-likeness (QED) is 0.285. The highest BCUT2D eigenvalue weighted by atomic mass is 16.6. The number of aryl methyl sites for hydroxylation is 1. The van der Waals surface area contributed by atoms with Gasteiger partial charge >= 0.3 is 6.09 Å². The van der Waals surface area contributed by atoms with Gasteiger partial charge in [0.2, 0.25) is 5.91 Å². The molecule has 0 saturated heterocycles. The smallest absolute Gasteiger partial charge is 0.407 e. The number of carbonyl (C=O) groups is 2. The Morgan fingerprint density at radius 3 is 2.31 bits per heavy atom. The standard InChI is InChI=1S/C36H47N5O4/c1-24-33(44-5)19-18-32(39-24)26-11-9-25(10-12-26)23-41(35(42)27-13-16-31(17-14-27)45-36(43)37-2)30-8-6-7-28(21-30)29-15-20-34(38-22-29)40(3)4/h6-8,15,18-22,25-27,31H,9-14,16-17,23H2,1-5H3,(H,37,43). The predicted molar refractivity (Wildman–Crippen MR) is 178 cm³/mol. The van der Waals surface area contributed by atoms with Crippen LogP contribution in [0.3, 0.4) is 0 Å². The van der Waals surface area contributed by atoms with Gasteiger partial charge in [-0.1, -0.05) is 12.1 Å². The molecule has 0 radical (unpaired) electrons. The van der Waals surface area contributed by atoms with Crippen molar-refractivity contribution in [2.24, 2.45) is 11.8 Å². The van der Waals surface area contributed by atoms with Gasteiger partial charge in [-0.15, -0.1) is 0 Å². The summed E-state index contributed by atoms with van der Waals surface area (Å²) in [6.07, 6.45) is 8.35. The third kappa shape index (κ3) is 7.93. The van der Waals surface area contributed by atoms with E-state index in [0.29, 0.717) is 44.1 Å². The molecule has 45 heavy (non-hydrogen) atoms. The van der Waals surface area contributed by atoms with Gasteiger partial charge in [0, 0.05) is 62.7 Å². The van der Waals surface area contributed by atoms with Crippen molar-refractivity contribution in [1.29, 1.82) is 0 Å². The molecule has 2 heterocycles. The molecule has 3 aromatic rings. The Hall–Kier alpha value is -4.14. The summed E-state index contributed by atoms with van der Waals surface area (Å²) >= 11 is 0. The number of aromatic nitrogens is 2. The maximum atomic E-state index is 14.3. The van der Waals surface area contributed by atoms with Crippen LogP contribution in [0.4, 0.5) is 16.3 Å². The van der Waals surface area contributed by atoms with E-state index in [0.717, 1.165) is 65.5 Å². The van der Waals surface area contributed by atoms with Gasteiger partial charge in [0.15, 0.2) is 0 Å². The number of alkyl carbamates (subject to hydrolysis) is 1. The molecule has 2 amide bonds. The Kier molecular flexibility index (Phi) is 10.6. The van der Waals surface area contributed by atoms with Crippen LogP contribution in [-0.2, 0) is 9.53 Å². The summed E-state index contributed by atoms with van der Waals surface area (Å²) in [5, 5.41) is 2.53. The van der Waals surface area contributed by atoms with Gasteiger partial charge in [0.25, 0.3) is 0 Å². The van der Waals surface area contributed by atoms with E-state index in [1.807, 2.05) is 55.2 Å². The molecular weight excluding hydrogens is 566 g/mol. The molecule has 240 valence electrons. The van der Waals surface area contributed by atoms with E-state index in [1.165, 1.54) is 0 Å². The second-order valence-corrected chi connectivity index (χ2v) is 12.7. The number of pyridine rings is 2. The average molecular weight is 614 g/mol. The molecule has 2 aliphatic rings. The van der Waals surface area contributed by atoms with E-state index in [2.05, 4.69) is 40.6 Å². The number of benzene rings is 1. The fourth-order valence-electron chi connectivity index (χ4n) is 6.77. The molecule has 1 aromatic carbocycles. The number of carbonyl (C=O) groups excluding carboxylic acids is 2. The summed E-state index contributed by atoms with van der Waals surface area (Å²) in [6.45, 7) is 2.69. The molecular formula is C36H47N5O4. The molecule has 9 heteroatoms. The Balaban J connectivity index is 1.32. The van der Waals surface area contributed by atoms with Crippen LogP contribution in [0.2, 0.25) is 0 Å². The normalized spacial score (nSPS) is 21.4. The lowest BCUT2D eigenvalue weighted by atomic mass is 9.79. The molecule has 0 atom stereocenters. The highest BCUT2D eigenvalue weighted by molar-refractivity contribution is 5.95. The van der Waals surface area contributed by atoms with Crippen molar-refractivity contribution < 1.29 is 19.1 Å². The molecule has 9 nitrogen and oxygen atoms in total. The van der Waals surface area contributed by atoms with Gasteiger partial charge < -0.3 is 24.6 Å². The zero-order chi connectivity index (χ0) is 31.9. The number of ether oxygens (including phenoxy) is 2. The topological polar surface area (TPSA) is 96.9 Å². The summed E-state index contributed by atoms with van der Waals surface area (Å²) in [7, 11) is 7.20. The second kappa shape index (κ2) is 14.8. The molecule has 0 spiro atoms. The Bertz CT molecular complexity index is 1440. The average Bonchev–Trinajstić information content (AvgIpc) is 3.07. The number of anilines is 2. The predicted octanol–water partition coefficient (Wildman–Crippen LogP) is 6.75. The maximum absolute atomic E-state index is 14.3. The minimum atomic E-state index is -0.410. The second-order valence-electron chi connectivity index (χ2n) is 12.7. The van der Waals surface area contributed by atoms with E-state index >= 15 is 0 Å². The monoisotopic (exact) mass is 613 g/mol. The number of hydrogen-bond acceptors (Lipinski definition) is 7. The highest BCUT2D eigenvalue weighted by Crippen LogP contribution is 2.38. The Morgan fingerprint density at radius 1 is 0.933 bits per heavy atom. The van der Waals surface area contributed by atoms with E-state index in [1.54, 1.807) is 14.2 Å². The highest BCUT2D eigenvalue weighted by Gasteiger charge is 2.34. The van der Waals surface area contributed by atoms with Crippen LogP contribution in [0.1, 0.15) is 68.7 Å². The third-order valence-corrected chi connectivity index (χ3v) is 9.45. The lowest BCUT2D eigenvalue weighted by Crippen LogP contribution is -2.42. The van der Waals surface area contributed by atoms with E-state index in [-0.39, 0.29) is 17.9 Å². The van der Waals surface area contributed by atoms with E-state index < -0.39 is 6.09 Å². The zero-order valence-electron chi connectivity index (χ0n) is 27.3. The van der Waals surface area contributed by atoms with E-state index in [4.69, 9.17) is 14.5 Å². The van der Waals surface area contributed by atoms with Crippen LogP contribution >= 0.6 is 0 Å². The molecule has 2 saturated carbocycles. The van der Waals surface area contributed by atoms with Crippen molar-refractivity contribution in [2.75, 3.05) is 44.6 Å². The van der Waals surface area contributed by atoms with Gasteiger partial charge in [0.1, 0.15) is 17.7 Å². The fourth-order valence-corrected chi connectivity index (χ4v) is 6.77. The molecule has 2 fully saturated rings. The molecule has 1 N–H and O–H groups in total. The van der Waals surface area contributed by atoms with Crippen LogP contribution < -0.4 is 19.9 Å². The third-order valence-electron chi connectivity index (χ3n) is 9.45. The van der Waals surface area contributed by atoms with Crippen LogP contribution in [0.5, 0.6) is 5.75 Å². The number of methoxy groups -OCH3 is 1. The molecule has 0 bridgehead atoms. The van der Waals surface area contributed by atoms with Crippen molar-refractivity contribution in [3.05, 3.63) is 66.1 Å².